The summed E-state index contributed by atoms with van der Waals surface area (Å²) in [5, 5.41) is 0. The fraction of sp³-hybridized carbons (Fsp3) is 0.476. The first-order valence-electron chi connectivity index (χ1n) is 9.83. The number of anilines is 1. The largest absolute Gasteiger partial charge is 0.417 e. The fourth-order valence-electron chi connectivity index (χ4n) is 4.05. The van der Waals surface area contributed by atoms with Gasteiger partial charge in [0.2, 0.25) is 11.8 Å². The van der Waals surface area contributed by atoms with Crippen molar-refractivity contribution >= 4 is 11.6 Å². The Morgan fingerprint density at radius 2 is 2.10 bits per heavy atom. The summed E-state index contributed by atoms with van der Waals surface area (Å²) in [6, 6.07) is 5.26. The molecule has 9 heteroatoms. The number of ether oxygens (including phenoxy) is 2. The maximum atomic E-state index is 12.8. The van der Waals surface area contributed by atoms with Gasteiger partial charge in [0, 0.05) is 57.0 Å². The topological polar surface area (TPSA) is 67.8 Å². The lowest BCUT2D eigenvalue weighted by Crippen LogP contribution is -2.48. The van der Waals surface area contributed by atoms with Crippen LogP contribution in [0.3, 0.4) is 0 Å². The second-order valence-corrected chi connectivity index (χ2v) is 7.74. The van der Waals surface area contributed by atoms with Gasteiger partial charge in [-0.3, -0.25) is 9.78 Å². The molecule has 0 aromatic carbocycles. The first kappa shape index (κ1) is 20.5. The van der Waals surface area contributed by atoms with Crippen LogP contribution >= 0.6 is 0 Å². The predicted octanol–water partition coefficient (Wildman–Crippen LogP) is 2.90. The number of fused-ring (bicyclic) bond motifs is 1. The highest BCUT2D eigenvalue weighted by Gasteiger charge is 2.33. The van der Waals surface area contributed by atoms with Gasteiger partial charge < -0.3 is 19.3 Å². The second-order valence-electron chi connectivity index (χ2n) is 7.74. The van der Waals surface area contributed by atoms with E-state index in [0.717, 1.165) is 28.2 Å². The maximum absolute atomic E-state index is 12.8. The van der Waals surface area contributed by atoms with Gasteiger partial charge in [-0.25, -0.2) is 4.98 Å². The number of pyridine rings is 2. The molecule has 1 fully saturated rings. The smallest absolute Gasteiger partial charge is 0.388 e. The summed E-state index contributed by atoms with van der Waals surface area (Å²) < 4.78 is 34.2. The van der Waals surface area contributed by atoms with Gasteiger partial charge in [0.1, 0.15) is 0 Å². The summed E-state index contributed by atoms with van der Waals surface area (Å²) in [6.45, 7) is 2.11. The van der Waals surface area contributed by atoms with Crippen molar-refractivity contribution in [1.82, 2.24) is 14.9 Å². The minimum absolute atomic E-state index is 0.104. The molecule has 0 spiro atoms. The van der Waals surface area contributed by atoms with Crippen LogP contribution in [0.4, 0.5) is 14.5 Å². The molecule has 0 atom stereocenters. The van der Waals surface area contributed by atoms with E-state index >= 15 is 0 Å². The van der Waals surface area contributed by atoms with Gasteiger partial charge in [0.25, 0.3) is 0 Å². The molecule has 7 nitrogen and oxygen atoms in total. The van der Waals surface area contributed by atoms with E-state index in [0.29, 0.717) is 39.2 Å². The van der Waals surface area contributed by atoms with Crippen LogP contribution in [-0.4, -0.2) is 47.6 Å². The van der Waals surface area contributed by atoms with E-state index in [4.69, 9.17) is 4.74 Å². The molecule has 30 heavy (non-hydrogen) atoms. The lowest BCUT2D eigenvalue weighted by molar-refractivity contribution is -0.133. The van der Waals surface area contributed by atoms with Crippen molar-refractivity contribution in [2.45, 2.75) is 39.7 Å². The molecule has 2 aromatic rings. The molecule has 2 aliphatic heterocycles. The molecule has 2 aromatic heterocycles. The van der Waals surface area contributed by atoms with Crippen LogP contribution in [0.5, 0.6) is 5.88 Å². The van der Waals surface area contributed by atoms with Crippen molar-refractivity contribution in [2.24, 2.45) is 5.92 Å². The molecule has 160 valence electrons. The van der Waals surface area contributed by atoms with E-state index in [9.17, 15) is 13.6 Å². The normalized spacial score (nSPS) is 16.0. The predicted molar refractivity (Wildman–Crippen MR) is 105 cm³/mol. The third-order valence-electron chi connectivity index (χ3n) is 5.53. The van der Waals surface area contributed by atoms with E-state index < -0.39 is 6.61 Å². The Kier molecular flexibility index (Phi) is 5.80. The fourth-order valence-corrected chi connectivity index (χ4v) is 4.05. The Balaban J connectivity index is 1.31. The molecule has 1 saturated heterocycles. The van der Waals surface area contributed by atoms with Crippen LogP contribution < -0.4 is 9.64 Å². The zero-order chi connectivity index (χ0) is 21.3. The molecule has 0 aliphatic carbocycles. The summed E-state index contributed by atoms with van der Waals surface area (Å²) >= 11 is 0. The summed E-state index contributed by atoms with van der Waals surface area (Å²) in [7, 11) is 1.64. The van der Waals surface area contributed by atoms with Crippen LogP contribution in [0.1, 0.15) is 28.9 Å². The minimum Gasteiger partial charge on any atom is -0.417 e. The number of hydrogen-bond acceptors (Lipinski definition) is 6. The Bertz CT molecular complexity index is 934. The first-order valence-corrected chi connectivity index (χ1v) is 9.83. The van der Waals surface area contributed by atoms with Crippen molar-refractivity contribution in [2.75, 3.05) is 25.1 Å². The zero-order valence-corrected chi connectivity index (χ0v) is 17.0. The zero-order valence-electron chi connectivity index (χ0n) is 17.0. The van der Waals surface area contributed by atoms with E-state index in [1.165, 1.54) is 12.3 Å². The molecular weight excluding hydrogens is 394 g/mol. The molecular formula is C21H24F2N4O3. The molecule has 2 aliphatic rings. The average molecular weight is 418 g/mol. The maximum Gasteiger partial charge on any atom is 0.388 e. The van der Waals surface area contributed by atoms with Crippen molar-refractivity contribution in [3.8, 4) is 5.88 Å². The summed E-state index contributed by atoms with van der Waals surface area (Å²) in [6.07, 6.45) is 1.90. The molecule has 0 unspecified atom stereocenters. The van der Waals surface area contributed by atoms with Gasteiger partial charge in [-0.1, -0.05) is 0 Å². The van der Waals surface area contributed by atoms with E-state index in [-0.39, 0.29) is 17.7 Å². The van der Waals surface area contributed by atoms with Crippen molar-refractivity contribution in [3.63, 3.8) is 0 Å². The van der Waals surface area contributed by atoms with Gasteiger partial charge in [0.15, 0.2) is 0 Å². The Morgan fingerprint density at radius 3 is 2.83 bits per heavy atom. The number of rotatable bonds is 7. The molecule has 4 heterocycles. The number of alkyl halides is 2. The summed E-state index contributed by atoms with van der Waals surface area (Å²) in [5.41, 5.74) is 4.86. The van der Waals surface area contributed by atoms with Crippen molar-refractivity contribution < 1.29 is 23.0 Å². The molecule has 0 N–H and O–H groups in total. The number of aromatic nitrogens is 2. The Hall–Kier alpha value is -2.81. The summed E-state index contributed by atoms with van der Waals surface area (Å²) in [4.78, 5) is 25.1. The third kappa shape index (κ3) is 4.35. The van der Waals surface area contributed by atoms with Crippen LogP contribution in [-0.2, 0) is 29.2 Å². The lowest BCUT2D eigenvalue weighted by Gasteiger charge is -2.41. The number of nitrogens with zero attached hydrogens (tertiary/aromatic N) is 4. The number of carbonyl (C=O) groups is 1. The number of carbonyl (C=O) groups excluding carboxylic acids is 1. The van der Waals surface area contributed by atoms with E-state index in [2.05, 4.69) is 14.7 Å². The van der Waals surface area contributed by atoms with Gasteiger partial charge in [0.05, 0.1) is 24.5 Å². The number of methoxy groups -OCH3 is 1. The van der Waals surface area contributed by atoms with Crippen LogP contribution in [0, 0.1) is 12.8 Å². The van der Waals surface area contributed by atoms with E-state index in [1.807, 2.05) is 22.8 Å². The molecule has 0 bridgehead atoms. The second kappa shape index (κ2) is 8.51. The quantitative estimate of drug-likeness (QED) is 0.689. The first-order chi connectivity index (χ1) is 14.4. The molecule has 0 radical (unpaired) electrons. The van der Waals surface area contributed by atoms with Crippen LogP contribution in [0.15, 0.2) is 24.4 Å². The third-order valence-corrected chi connectivity index (χ3v) is 5.53. The van der Waals surface area contributed by atoms with Crippen molar-refractivity contribution in [1.29, 1.82) is 0 Å². The highest BCUT2D eigenvalue weighted by Crippen LogP contribution is 2.31. The average Bonchev–Trinajstić information content (AvgIpc) is 3.09. The highest BCUT2D eigenvalue weighted by molar-refractivity contribution is 5.77. The number of halogens is 2. The number of hydrogen-bond donors (Lipinski definition) is 0. The van der Waals surface area contributed by atoms with E-state index in [1.54, 1.807) is 13.2 Å². The lowest BCUT2D eigenvalue weighted by atomic mass is 9.95. The van der Waals surface area contributed by atoms with Gasteiger partial charge in [-0.2, -0.15) is 8.78 Å². The van der Waals surface area contributed by atoms with Gasteiger partial charge in [-0.05, 0) is 30.2 Å². The standard InChI is InChI=1S/C21H24F2N4O3/c1-13-5-15(12-29-2)25-18-11-27(10-17(13)18)20(28)6-14-8-26(9-14)16-3-4-24-19(7-16)30-21(22)23/h3-5,7,14,21H,6,8-12H2,1-2H3. The molecule has 4 rings (SSSR count). The van der Waals surface area contributed by atoms with Crippen LogP contribution in [0.2, 0.25) is 0 Å². The van der Waals surface area contributed by atoms with Gasteiger partial charge in [-0.15, -0.1) is 0 Å². The SMILES string of the molecule is COCc1cc(C)c2c(n1)CN(C(=O)CC1CN(c3ccnc(OC(F)F)c3)C1)C2. The Morgan fingerprint density at radius 1 is 1.30 bits per heavy atom. The van der Waals surface area contributed by atoms with Crippen molar-refractivity contribution in [3.05, 3.63) is 46.9 Å². The monoisotopic (exact) mass is 418 g/mol. The molecule has 0 saturated carbocycles. The summed E-state index contributed by atoms with van der Waals surface area (Å²) in [5.74, 6) is 0.237. The van der Waals surface area contributed by atoms with Crippen LogP contribution in [0.25, 0.3) is 0 Å². The number of amides is 1. The van der Waals surface area contributed by atoms with Gasteiger partial charge >= 0.3 is 6.61 Å². The minimum atomic E-state index is -2.90. The molecule has 1 amide bonds. The highest BCUT2D eigenvalue weighted by atomic mass is 19.3. The number of aryl methyl sites for hydroxylation is 1. The Labute approximate surface area is 173 Å².